The first-order valence-corrected chi connectivity index (χ1v) is 11.6. The first-order chi connectivity index (χ1) is 15.4. The summed E-state index contributed by atoms with van der Waals surface area (Å²) in [6.07, 6.45) is -3.31. The predicted molar refractivity (Wildman–Crippen MR) is 130 cm³/mol. The van der Waals surface area contributed by atoms with Crippen LogP contribution in [0, 0.1) is 5.41 Å². The molecule has 0 saturated carbocycles. The van der Waals surface area contributed by atoms with Crippen LogP contribution in [0.4, 0.5) is 8.78 Å². The van der Waals surface area contributed by atoms with Crippen LogP contribution in [0.15, 0.2) is 29.8 Å². The maximum absolute atomic E-state index is 13.1. The van der Waals surface area contributed by atoms with Crippen molar-refractivity contribution in [3.63, 3.8) is 0 Å². The largest absolute Gasteiger partial charge is 0.391 e. The number of benzene rings is 1. The molecule has 4 atom stereocenters. The Morgan fingerprint density at radius 1 is 1.26 bits per heavy atom. The van der Waals surface area contributed by atoms with E-state index in [9.17, 15) is 23.5 Å². The Bertz CT molecular complexity index is 997. The van der Waals surface area contributed by atoms with E-state index in [1.54, 1.807) is 31.2 Å². The van der Waals surface area contributed by atoms with Gasteiger partial charge in [0.15, 0.2) is 0 Å². The number of carbonyl (C=O) groups is 2. The van der Waals surface area contributed by atoms with Crippen molar-refractivity contribution < 1.29 is 23.5 Å². The highest BCUT2D eigenvalue weighted by molar-refractivity contribution is 7.13. The molecule has 1 aromatic heterocycles. The number of aliphatic hydroxyl groups excluding tert-OH is 1. The molecule has 2 amide bonds. The zero-order chi connectivity index (χ0) is 24.5. The molecule has 34 heavy (non-hydrogen) atoms. The third-order valence-corrected chi connectivity index (χ3v) is 6.79. The molecule has 1 aliphatic rings. The average molecular weight is 517 g/mol. The van der Waals surface area contributed by atoms with E-state index in [0.717, 1.165) is 16.9 Å². The van der Waals surface area contributed by atoms with Gasteiger partial charge in [0, 0.05) is 13.0 Å². The van der Waals surface area contributed by atoms with Gasteiger partial charge in [0.2, 0.25) is 11.8 Å². The van der Waals surface area contributed by atoms with E-state index in [-0.39, 0.29) is 42.9 Å². The number of carbonyl (C=O) groups excluding carboxylic acids is 2. The number of nitrogens with zero attached hydrogens (tertiary/aromatic N) is 2. The second-order valence-electron chi connectivity index (χ2n) is 9.46. The molecule has 1 aromatic carbocycles. The minimum atomic E-state index is -2.65. The molecule has 188 valence electrons. The lowest BCUT2D eigenvalue weighted by molar-refractivity contribution is -0.141. The van der Waals surface area contributed by atoms with E-state index in [1.165, 1.54) is 10.4 Å². The van der Waals surface area contributed by atoms with Crippen LogP contribution < -0.4 is 11.1 Å². The predicted octanol–water partition coefficient (Wildman–Crippen LogP) is 3.68. The van der Waals surface area contributed by atoms with Crippen LogP contribution in [-0.4, -0.2) is 51.5 Å². The molecule has 4 N–H and O–H groups in total. The molecular formula is C23H31ClF2N4O3S. The van der Waals surface area contributed by atoms with Crippen molar-refractivity contribution in [1.82, 2.24) is 15.2 Å². The Morgan fingerprint density at radius 3 is 2.44 bits per heavy atom. The third kappa shape index (κ3) is 6.10. The SMILES string of the molecule is CC(NC(=O)[C@@H]1C[C@@H](O)CN1C(=O)C(N)C(C)(C)C)c1ccc(-c2scnc2C(F)F)cc1.Cl. The van der Waals surface area contributed by atoms with Crippen LogP contribution in [0.1, 0.15) is 57.8 Å². The van der Waals surface area contributed by atoms with Gasteiger partial charge in [0.1, 0.15) is 11.7 Å². The minimum Gasteiger partial charge on any atom is -0.391 e. The quantitative estimate of drug-likeness (QED) is 0.542. The van der Waals surface area contributed by atoms with Crippen LogP contribution in [-0.2, 0) is 9.59 Å². The fourth-order valence-corrected chi connectivity index (χ4v) is 4.60. The van der Waals surface area contributed by atoms with Gasteiger partial charge < -0.3 is 21.1 Å². The monoisotopic (exact) mass is 516 g/mol. The van der Waals surface area contributed by atoms with Crippen LogP contribution in [0.5, 0.6) is 0 Å². The van der Waals surface area contributed by atoms with Gasteiger partial charge in [-0.2, -0.15) is 0 Å². The molecular weight excluding hydrogens is 486 g/mol. The lowest BCUT2D eigenvalue weighted by Crippen LogP contribution is -2.55. The topological polar surface area (TPSA) is 109 Å². The van der Waals surface area contributed by atoms with E-state index >= 15 is 0 Å². The summed E-state index contributed by atoms with van der Waals surface area (Å²) in [5.41, 5.74) is 8.17. The number of aromatic nitrogens is 1. The fraction of sp³-hybridized carbons (Fsp3) is 0.522. The van der Waals surface area contributed by atoms with Crippen molar-refractivity contribution in [3.8, 4) is 10.4 Å². The van der Waals surface area contributed by atoms with Crippen molar-refractivity contribution in [2.45, 2.75) is 64.8 Å². The summed E-state index contributed by atoms with van der Waals surface area (Å²) in [7, 11) is 0. The second kappa shape index (κ2) is 11.1. The normalized spacial score (nSPS) is 20.1. The second-order valence-corrected chi connectivity index (χ2v) is 10.3. The van der Waals surface area contributed by atoms with Gasteiger partial charge in [-0.1, -0.05) is 45.0 Å². The smallest absolute Gasteiger partial charge is 0.281 e. The average Bonchev–Trinajstić information content (AvgIpc) is 3.39. The maximum Gasteiger partial charge on any atom is 0.281 e. The maximum atomic E-state index is 13.1. The Labute approximate surface area is 208 Å². The third-order valence-electron chi connectivity index (χ3n) is 5.90. The molecule has 1 saturated heterocycles. The van der Waals surface area contributed by atoms with E-state index < -0.39 is 36.1 Å². The lowest BCUT2D eigenvalue weighted by atomic mass is 9.86. The zero-order valence-corrected chi connectivity index (χ0v) is 21.1. The Kier molecular flexibility index (Phi) is 9.15. The molecule has 2 aromatic rings. The van der Waals surface area contributed by atoms with E-state index in [4.69, 9.17) is 5.73 Å². The number of amides is 2. The van der Waals surface area contributed by atoms with Crippen LogP contribution in [0.2, 0.25) is 0 Å². The molecule has 1 aliphatic heterocycles. The first kappa shape index (κ1) is 28.1. The Morgan fingerprint density at radius 2 is 1.88 bits per heavy atom. The summed E-state index contributed by atoms with van der Waals surface area (Å²) in [4.78, 5) is 31.4. The van der Waals surface area contributed by atoms with Crippen LogP contribution >= 0.6 is 23.7 Å². The van der Waals surface area contributed by atoms with Crippen molar-refractivity contribution in [1.29, 1.82) is 0 Å². The summed E-state index contributed by atoms with van der Waals surface area (Å²) >= 11 is 1.15. The number of likely N-dealkylation sites (tertiary alicyclic amines) is 1. The van der Waals surface area contributed by atoms with Gasteiger partial charge in [-0.05, 0) is 23.5 Å². The number of aliphatic hydroxyl groups is 1. The molecule has 11 heteroatoms. The summed E-state index contributed by atoms with van der Waals surface area (Å²) in [5, 5.41) is 13.0. The van der Waals surface area contributed by atoms with Crippen molar-refractivity contribution in [2.24, 2.45) is 11.1 Å². The summed E-state index contributed by atoms with van der Waals surface area (Å²) in [6.45, 7) is 7.39. The van der Waals surface area contributed by atoms with Gasteiger partial charge in [-0.3, -0.25) is 9.59 Å². The summed E-state index contributed by atoms with van der Waals surface area (Å²) in [5.74, 6) is -0.740. The summed E-state index contributed by atoms with van der Waals surface area (Å²) in [6, 6.07) is 4.95. The number of nitrogens with two attached hydrogens (primary N) is 1. The van der Waals surface area contributed by atoms with Gasteiger partial charge >= 0.3 is 0 Å². The van der Waals surface area contributed by atoms with Crippen LogP contribution in [0.25, 0.3) is 10.4 Å². The van der Waals surface area contributed by atoms with Gasteiger partial charge in [0.25, 0.3) is 6.43 Å². The van der Waals surface area contributed by atoms with E-state index in [1.807, 2.05) is 20.8 Å². The van der Waals surface area contributed by atoms with Gasteiger partial charge in [0.05, 0.1) is 28.6 Å². The fourth-order valence-electron chi connectivity index (χ4n) is 3.80. The molecule has 2 heterocycles. The molecule has 1 fully saturated rings. The zero-order valence-electron chi connectivity index (χ0n) is 19.5. The molecule has 0 spiro atoms. The molecule has 0 bridgehead atoms. The number of halogens is 3. The molecule has 2 unspecified atom stereocenters. The van der Waals surface area contributed by atoms with E-state index in [0.29, 0.717) is 10.4 Å². The number of nitrogens with one attached hydrogen (secondary N) is 1. The highest BCUT2D eigenvalue weighted by atomic mass is 35.5. The summed E-state index contributed by atoms with van der Waals surface area (Å²) < 4.78 is 26.2. The number of rotatable bonds is 6. The number of alkyl halides is 2. The number of thiazole rings is 1. The Hall–Kier alpha value is -2.14. The highest BCUT2D eigenvalue weighted by Crippen LogP contribution is 2.34. The highest BCUT2D eigenvalue weighted by Gasteiger charge is 2.42. The van der Waals surface area contributed by atoms with Crippen molar-refractivity contribution >= 4 is 35.6 Å². The number of hydrogen-bond donors (Lipinski definition) is 3. The lowest BCUT2D eigenvalue weighted by Gasteiger charge is -2.32. The standard InChI is InChI=1S/C23H30F2N4O3S.ClH/c1-12(13-5-7-14(8-6-13)18-17(20(24)25)27-11-33-18)28-21(31)16-9-15(30)10-29(16)22(32)19(26)23(2,3)4;/h5-8,11-12,15-16,19-20,30H,9-10,26H2,1-4H3,(H,28,31);1H/t12?,15-,16+,19?;/m1./s1. The number of β-amino-alcohol motifs (C(OH)–C–C–N with tert-alkyl or cyclic N) is 1. The van der Waals surface area contributed by atoms with Gasteiger partial charge in [-0.15, -0.1) is 23.7 Å². The molecule has 0 aliphatic carbocycles. The molecule has 3 rings (SSSR count). The molecule has 0 radical (unpaired) electrons. The molecule has 7 nitrogen and oxygen atoms in total. The van der Waals surface area contributed by atoms with Crippen LogP contribution in [0.3, 0.4) is 0 Å². The Balaban J connectivity index is 0.00000408. The van der Waals surface area contributed by atoms with Gasteiger partial charge in [-0.25, -0.2) is 13.8 Å². The minimum absolute atomic E-state index is 0. The van der Waals surface area contributed by atoms with E-state index in [2.05, 4.69) is 10.3 Å². The first-order valence-electron chi connectivity index (χ1n) is 10.8. The number of hydrogen-bond acceptors (Lipinski definition) is 6. The van der Waals surface area contributed by atoms with Crippen molar-refractivity contribution in [2.75, 3.05) is 6.54 Å². The van der Waals surface area contributed by atoms with Crippen molar-refractivity contribution in [3.05, 3.63) is 41.0 Å².